The van der Waals surface area contributed by atoms with Crippen LogP contribution in [0.15, 0.2) is 0 Å². The standard InChI is InChI=1S/C10H19NO3/c1-8(2)14-10(12)11-7-5-4-6-9(11)13-3/h8-9H,4-7H2,1-3H3. The summed E-state index contributed by atoms with van der Waals surface area (Å²) in [5.41, 5.74) is 0. The first-order valence-corrected chi connectivity index (χ1v) is 5.15. The van der Waals surface area contributed by atoms with E-state index in [9.17, 15) is 4.79 Å². The lowest BCUT2D eigenvalue weighted by molar-refractivity contribution is -0.0535. The average molecular weight is 201 g/mol. The highest BCUT2D eigenvalue weighted by Gasteiger charge is 2.27. The highest BCUT2D eigenvalue weighted by Crippen LogP contribution is 2.18. The van der Waals surface area contributed by atoms with Crippen LogP contribution in [0.5, 0.6) is 0 Å². The molecular weight excluding hydrogens is 182 g/mol. The lowest BCUT2D eigenvalue weighted by Gasteiger charge is -2.34. The van der Waals surface area contributed by atoms with Crippen LogP contribution in [0.2, 0.25) is 0 Å². The molecule has 4 heteroatoms. The smallest absolute Gasteiger partial charge is 0.412 e. The van der Waals surface area contributed by atoms with Gasteiger partial charge < -0.3 is 9.47 Å². The normalized spacial score (nSPS) is 22.6. The maximum absolute atomic E-state index is 11.6. The van der Waals surface area contributed by atoms with Gasteiger partial charge in [0.25, 0.3) is 0 Å². The number of amides is 1. The molecule has 0 aliphatic carbocycles. The molecule has 0 N–H and O–H groups in total. The number of hydrogen-bond acceptors (Lipinski definition) is 3. The number of likely N-dealkylation sites (tertiary alicyclic amines) is 1. The van der Waals surface area contributed by atoms with Gasteiger partial charge in [0.1, 0.15) is 6.23 Å². The molecule has 1 aliphatic heterocycles. The molecule has 1 aliphatic rings. The second-order valence-corrected chi connectivity index (χ2v) is 3.81. The molecule has 4 nitrogen and oxygen atoms in total. The van der Waals surface area contributed by atoms with E-state index in [2.05, 4.69) is 0 Å². The highest BCUT2D eigenvalue weighted by atomic mass is 16.6. The van der Waals surface area contributed by atoms with Crippen molar-refractivity contribution in [3.63, 3.8) is 0 Å². The second-order valence-electron chi connectivity index (χ2n) is 3.81. The number of carbonyl (C=O) groups excluding carboxylic acids is 1. The zero-order chi connectivity index (χ0) is 10.6. The van der Waals surface area contributed by atoms with Crippen LogP contribution in [0.4, 0.5) is 4.79 Å². The van der Waals surface area contributed by atoms with Gasteiger partial charge in [0, 0.05) is 13.7 Å². The van der Waals surface area contributed by atoms with Gasteiger partial charge in [0.05, 0.1) is 6.10 Å². The zero-order valence-electron chi connectivity index (χ0n) is 9.16. The van der Waals surface area contributed by atoms with E-state index >= 15 is 0 Å². The van der Waals surface area contributed by atoms with Crippen LogP contribution in [0, 0.1) is 0 Å². The molecule has 1 fully saturated rings. The molecule has 1 heterocycles. The lowest BCUT2D eigenvalue weighted by Crippen LogP contribution is -2.45. The summed E-state index contributed by atoms with van der Waals surface area (Å²) in [6.07, 6.45) is 2.63. The molecule has 82 valence electrons. The monoisotopic (exact) mass is 201 g/mol. The summed E-state index contributed by atoms with van der Waals surface area (Å²) in [6, 6.07) is 0. The number of hydrogen-bond donors (Lipinski definition) is 0. The minimum Gasteiger partial charge on any atom is -0.447 e. The first-order chi connectivity index (χ1) is 6.65. The van der Waals surface area contributed by atoms with Crippen molar-refractivity contribution in [1.29, 1.82) is 0 Å². The SMILES string of the molecule is COC1CCCCN1C(=O)OC(C)C. The molecule has 1 saturated heterocycles. The Morgan fingerprint density at radius 3 is 2.71 bits per heavy atom. The Labute approximate surface area is 85.2 Å². The van der Waals surface area contributed by atoms with Gasteiger partial charge in [-0.05, 0) is 33.1 Å². The van der Waals surface area contributed by atoms with Crippen LogP contribution >= 0.6 is 0 Å². The Kier molecular flexibility index (Phi) is 4.20. The van der Waals surface area contributed by atoms with Crippen molar-refractivity contribution < 1.29 is 14.3 Å². The summed E-state index contributed by atoms with van der Waals surface area (Å²) in [6.45, 7) is 4.44. The second kappa shape index (κ2) is 5.20. The number of nitrogens with zero attached hydrogens (tertiary/aromatic N) is 1. The van der Waals surface area contributed by atoms with Crippen molar-refractivity contribution in [2.75, 3.05) is 13.7 Å². The van der Waals surface area contributed by atoms with Crippen molar-refractivity contribution >= 4 is 6.09 Å². The Bertz CT molecular complexity index is 194. The van der Waals surface area contributed by atoms with E-state index < -0.39 is 0 Å². The molecule has 1 unspecified atom stereocenters. The highest BCUT2D eigenvalue weighted by molar-refractivity contribution is 5.68. The van der Waals surface area contributed by atoms with Gasteiger partial charge in [0.15, 0.2) is 0 Å². The molecule has 0 bridgehead atoms. The van der Waals surface area contributed by atoms with Gasteiger partial charge in [0.2, 0.25) is 0 Å². The zero-order valence-corrected chi connectivity index (χ0v) is 9.16. The summed E-state index contributed by atoms with van der Waals surface area (Å²) < 4.78 is 10.4. The van der Waals surface area contributed by atoms with Crippen molar-refractivity contribution in [2.45, 2.75) is 45.4 Å². The number of carbonyl (C=O) groups is 1. The summed E-state index contributed by atoms with van der Waals surface area (Å²) >= 11 is 0. The fraction of sp³-hybridized carbons (Fsp3) is 0.900. The Morgan fingerprint density at radius 2 is 2.14 bits per heavy atom. The Hall–Kier alpha value is -0.770. The number of methoxy groups -OCH3 is 1. The molecule has 14 heavy (non-hydrogen) atoms. The molecule has 0 saturated carbocycles. The molecule has 0 radical (unpaired) electrons. The van der Waals surface area contributed by atoms with E-state index in [1.165, 1.54) is 0 Å². The molecule has 0 aromatic carbocycles. The van der Waals surface area contributed by atoms with Crippen LogP contribution < -0.4 is 0 Å². The van der Waals surface area contributed by atoms with E-state index in [-0.39, 0.29) is 18.4 Å². The fourth-order valence-electron chi connectivity index (χ4n) is 1.62. The van der Waals surface area contributed by atoms with E-state index in [1.54, 1.807) is 12.0 Å². The van der Waals surface area contributed by atoms with Crippen LogP contribution in [0.1, 0.15) is 33.1 Å². The van der Waals surface area contributed by atoms with E-state index in [0.29, 0.717) is 0 Å². The van der Waals surface area contributed by atoms with Crippen LogP contribution in [0.25, 0.3) is 0 Å². The minimum absolute atomic E-state index is 0.0677. The third-order valence-electron chi connectivity index (χ3n) is 2.29. The summed E-state index contributed by atoms with van der Waals surface area (Å²) in [7, 11) is 1.63. The van der Waals surface area contributed by atoms with Gasteiger partial charge in [-0.2, -0.15) is 0 Å². The summed E-state index contributed by atoms with van der Waals surface area (Å²) in [5, 5.41) is 0. The number of piperidine rings is 1. The van der Waals surface area contributed by atoms with Crippen molar-refractivity contribution in [1.82, 2.24) is 4.90 Å². The molecule has 0 aromatic rings. The van der Waals surface area contributed by atoms with Gasteiger partial charge in [-0.25, -0.2) is 4.79 Å². The maximum Gasteiger partial charge on any atom is 0.412 e. The topological polar surface area (TPSA) is 38.8 Å². The van der Waals surface area contributed by atoms with Gasteiger partial charge in [-0.3, -0.25) is 4.90 Å². The third kappa shape index (κ3) is 2.87. The Morgan fingerprint density at radius 1 is 1.43 bits per heavy atom. The van der Waals surface area contributed by atoms with Crippen molar-refractivity contribution in [3.8, 4) is 0 Å². The summed E-state index contributed by atoms with van der Waals surface area (Å²) in [4.78, 5) is 13.3. The minimum atomic E-state index is -0.258. The Balaban J connectivity index is 2.50. The largest absolute Gasteiger partial charge is 0.447 e. The van der Waals surface area contributed by atoms with Gasteiger partial charge in [-0.1, -0.05) is 0 Å². The maximum atomic E-state index is 11.6. The predicted octanol–water partition coefficient (Wildman–Crippen LogP) is 1.99. The molecular formula is C10H19NO3. The van der Waals surface area contributed by atoms with E-state index in [1.807, 2.05) is 13.8 Å². The molecule has 1 amide bonds. The molecule has 1 rings (SSSR count). The van der Waals surface area contributed by atoms with Gasteiger partial charge in [-0.15, -0.1) is 0 Å². The van der Waals surface area contributed by atoms with E-state index in [4.69, 9.17) is 9.47 Å². The molecule has 0 spiro atoms. The average Bonchev–Trinajstić information content (AvgIpc) is 2.16. The van der Waals surface area contributed by atoms with E-state index in [0.717, 1.165) is 25.8 Å². The molecule has 1 atom stereocenters. The summed E-state index contributed by atoms with van der Waals surface area (Å²) in [5.74, 6) is 0. The van der Waals surface area contributed by atoms with Crippen LogP contribution in [-0.2, 0) is 9.47 Å². The quantitative estimate of drug-likeness (QED) is 0.685. The first kappa shape index (κ1) is 11.3. The third-order valence-corrected chi connectivity index (χ3v) is 2.29. The van der Waals surface area contributed by atoms with Crippen LogP contribution in [-0.4, -0.2) is 37.0 Å². The number of ether oxygens (including phenoxy) is 2. The molecule has 0 aromatic heterocycles. The predicted molar refractivity (Wildman–Crippen MR) is 53.0 cm³/mol. The van der Waals surface area contributed by atoms with Crippen LogP contribution in [0.3, 0.4) is 0 Å². The van der Waals surface area contributed by atoms with Crippen molar-refractivity contribution in [3.05, 3.63) is 0 Å². The van der Waals surface area contributed by atoms with Gasteiger partial charge >= 0.3 is 6.09 Å². The van der Waals surface area contributed by atoms with Crippen molar-refractivity contribution in [2.24, 2.45) is 0 Å². The lowest BCUT2D eigenvalue weighted by atomic mass is 10.1. The number of rotatable bonds is 2. The first-order valence-electron chi connectivity index (χ1n) is 5.15. The fourth-order valence-corrected chi connectivity index (χ4v) is 1.62.